The summed E-state index contributed by atoms with van der Waals surface area (Å²) < 4.78 is 12.8. The highest BCUT2D eigenvalue weighted by molar-refractivity contribution is 4.96. The van der Waals surface area contributed by atoms with E-state index in [0.717, 1.165) is 6.42 Å². The summed E-state index contributed by atoms with van der Waals surface area (Å²) in [6.07, 6.45) is 6.17. The van der Waals surface area contributed by atoms with Crippen molar-refractivity contribution >= 4 is 0 Å². The van der Waals surface area contributed by atoms with Gasteiger partial charge in [-0.15, -0.1) is 0 Å². The summed E-state index contributed by atoms with van der Waals surface area (Å²) in [7, 11) is 0. The number of rotatable bonds is 0. The number of hydrogen-bond acceptors (Lipinski definition) is 0. The van der Waals surface area contributed by atoms with Crippen LogP contribution in [0.3, 0.4) is 0 Å². The van der Waals surface area contributed by atoms with Gasteiger partial charge in [0, 0.05) is 0 Å². The van der Waals surface area contributed by atoms with Crippen molar-refractivity contribution in [1.29, 1.82) is 0 Å². The van der Waals surface area contributed by atoms with Crippen molar-refractivity contribution in [3.63, 3.8) is 0 Å². The van der Waals surface area contributed by atoms with Gasteiger partial charge < -0.3 is 0 Å². The summed E-state index contributed by atoms with van der Waals surface area (Å²) in [5.74, 6) is 0. The van der Waals surface area contributed by atoms with E-state index in [1.807, 2.05) is 39.8 Å². The van der Waals surface area contributed by atoms with E-state index in [-0.39, 0.29) is 0 Å². The monoisotopic (exact) mass is 174 g/mol. The summed E-state index contributed by atoms with van der Waals surface area (Å²) >= 11 is 0. The Bertz CT molecular complexity index is 104. The van der Waals surface area contributed by atoms with Crippen LogP contribution in [0.15, 0.2) is 12.2 Å². The van der Waals surface area contributed by atoms with Crippen LogP contribution in [0.1, 0.15) is 53.9 Å². The van der Waals surface area contributed by atoms with E-state index in [1.165, 1.54) is 0 Å². The molecule has 0 saturated carbocycles. The normalized spacial score (nSPS) is 26.2. The van der Waals surface area contributed by atoms with Crippen molar-refractivity contribution in [3.05, 3.63) is 12.2 Å². The molecule has 12 heavy (non-hydrogen) atoms. The number of hydrogen-bond donors (Lipinski definition) is 0. The highest BCUT2D eigenvalue weighted by Crippen LogP contribution is 2.26. The fraction of sp³-hybridized carbons (Fsp3) is 0.818. The summed E-state index contributed by atoms with van der Waals surface area (Å²) in [4.78, 5) is 0. The third-order valence-corrected chi connectivity index (χ3v) is 1.54. The molecule has 0 bridgehead atoms. The van der Waals surface area contributed by atoms with Crippen molar-refractivity contribution in [2.75, 3.05) is 0 Å². The third-order valence-electron chi connectivity index (χ3n) is 1.54. The molecule has 0 heterocycles. The standard InChI is InChI=1S/C7H11F.2C2H6/c1-7(8)5-3-2-4-6-7;2*1-2/h2-3H,4-6H2,1H3;2*1-2H3/t7-;;/m0../s1. The molecule has 0 saturated heterocycles. The molecule has 0 aromatic carbocycles. The average molecular weight is 174 g/mol. The molecule has 1 aliphatic rings. The number of alkyl halides is 1. The first-order valence-electron chi connectivity index (χ1n) is 5.05. The van der Waals surface area contributed by atoms with Crippen LogP contribution in [0.4, 0.5) is 4.39 Å². The summed E-state index contributed by atoms with van der Waals surface area (Å²) in [5.41, 5.74) is -0.908. The molecule has 0 N–H and O–H groups in total. The molecule has 0 radical (unpaired) electrons. The van der Waals surface area contributed by atoms with E-state index < -0.39 is 5.67 Å². The van der Waals surface area contributed by atoms with Crippen LogP contribution in [0, 0.1) is 0 Å². The van der Waals surface area contributed by atoms with Gasteiger partial charge in [-0.25, -0.2) is 4.39 Å². The smallest absolute Gasteiger partial charge is 0.112 e. The average Bonchev–Trinajstić information content (AvgIpc) is 2.11. The van der Waals surface area contributed by atoms with Gasteiger partial charge in [0.1, 0.15) is 5.67 Å². The van der Waals surface area contributed by atoms with Crippen LogP contribution >= 0.6 is 0 Å². The van der Waals surface area contributed by atoms with E-state index in [2.05, 4.69) is 0 Å². The van der Waals surface area contributed by atoms with Gasteiger partial charge in [-0.3, -0.25) is 0 Å². The minimum Gasteiger partial charge on any atom is -0.244 e. The molecule has 1 heteroatoms. The Balaban J connectivity index is 0. The molecule has 0 fully saturated rings. The third kappa shape index (κ3) is 7.77. The molecule has 0 spiro atoms. The lowest BCUT2D eigenvalue weighted by molar-refractivity contribution is 0.174. The second-order valence-electron chi connectivity index (χ2n) is 2.63. The van der Waals surface area contributed by atoms with Crippen molar-refractivity contribution in [2.45, 2.75) is 59.5 Å². The van der Waals surface area contributed by atoms with Crippen molar-refractivity contribution in [2.24, 2.45) is 0 Å². The Morgan fingerprint density at radius 1 is 1.08 bits per heavy atom. The van der Waals surface area contributed by atoms with Crippen LogP contribution in [-0.4, -0.2) is 5.67 Å². The second-order valence-corrected chi connectivity index (χ2v) is 2.63. The molecule has 1 rings (SSSR count). The summed E-state index contributed by atoms with van der Waals surface area (Å²) in [6, 6.07) is 0. The maximum Gasteiger partial charge on any atom is 0.112 e. The van der Waals surface area contributed by atoms with Gasteiger partial charge in [0.05, 0.1) is 0 Å². The van der Waals surface area contributed by atoms with Gasteiger partial charge in [0.15, 0.2) is 0 Å². The van der Waals surface area contributed by atoms with Crippen molar-refractivity contribution in [1.82, 2.24) is 0 Å². The van der Waals surface area contributed by atoms with Crippen molar-refractivity contribution in [3.8, 4) is 0 Å². The predicted octanol–water partition coefficient (Wildman–Crippen LogP) is 4.51. The molecular weight excluding hydrogens is 151 g/mol. The van der Waals surface area contributed by atoms with Crippen LogP contribution < -0.4 is 0 Å². The van der Waals surface area contributed by atoms with Gasteiger partial charge in [0.2, 0.25) is 0 Å². The molecular formula is C11H23F. The largest absolute Gasteiger partial charge is 0.244 e. The van der Waals surface area contributed by atoms with Crippen molar-refractivity contribution < 1.29 is 4.39 Å². The number of halogens is 1. The highest BCUT2D eigenvalue weighted by Gasteiger charge is 2.21. The zero-order valence-electron chi connectivity index (χ0n) is 9.15. The Hall–Kier alpha value is -0.330. The topological polar surface area (TPSA) is 0 Å². The molecule has 0 aliphatic heterocycles. The summed E-state index contributed by atoms with van der Waals surface area (Å²) in [6.45, 7) is 9.66. The Labute approximate surface area is 76.9 Å². The van der Waals surface area contributed by atoms with Crippen LogP contribution in [0.5, 0.6) is 0 Å². The van der Waals surface area contributed by atoms with E-state index in [4.69, 9.17) is 0 Å². The fourth-order valence-corrected chi connectivity index (χ4v) is 0.933. The minimum absolute atomic E-state index is 0.604. The van der Waals surface area contributed by atoms with Crippen LogP contribution in [-0.2, 0) is 0 Å². The molecule has 0 nitrogen and oxygen atoms in total. The minimum atomic E-state index is -0.908. The highest BCUT2D eigenvalue weighted by atomic mass is 19.1. The molecule has 0 unspecified atom stereocenters. The maximum atomic E-state index is 12.8. The lowest BCUT2D eigenvalue weighted by Gasteiger charge is -2.20. The lowest BCUT2D eigenvalue weighted by Crippen LogP contribution is -2.18. The van der Waals surface area contributed by atoms with Gasteiger partial charge in [-0.05, 0) is 26.2 Å². The molecule has 1 atom stereocenters. The fourth-order valence-electron chi connectivity index (χ4n) is 0.933. The Morgan fingerprint density at radius 3 is 1.75 bits per heavy atom. The van der Waals surface area contributed by atoms with Gasteiger partial charge >= 0.3 is 0 Å². The Kier molecular flexibility index (Phi) is 10.4. The zero-order chi connectivity index (χ0) is 10.0. The lowest BCUT2D eigenvalue weighted by atomic mass is 9.93. The van der Waals surface area contributed by atoms with E-state index in [0.29, 0.717) is 12.8 Å². The van der Waals surface area contributed by atoms with E-state index >= 15 is 0 Å². The SMILES string of the molecule is CC.CC.C[C@]1(F)CC=CCC1. The molecule has 1 aliphatic carbocycles. The molecule has 0 aromatic heterocycles. The van der Waals surface area contributed by atoms with Crippen LogP contribution in [0.2, 0.25) is 0 Å². The quantitative estimate of drug-likeness (QED) is 0.474. The van der Waals surface area contributed by atoms with Gasteiger partial charge in [-0.1, -0.05) is 39.8 Å². The van der Waals surface area contributed by atoms with E-state index in [1.54, 1.807) is 6.92 Å². The second kappa shape index (κ2) is 8.76. The molecule has 0 aromatic rings. The van der Waals surface area contributed by atoms with Gasteiger partial charge in [-0.2, -0.15) is 0 Å². The Morgan fingerprint density at radius 2 is 1.58 bits per heavy atom. The first-order valence-corrected chi connectivity index (χ1v) is 5.05. The molecule has 0 amide bonds. The number of allylic oxidation sites excluding steroid dienone is 2. The van der Waals surface area contributed by atoms with E-state index in [9.17, 15) is 4.39 Å². The first kappa shape index (κ1) is 14.2. The summed E-state index contributed by atoms with van der Waals surface area (Å²) in [5, 5.41) is 0. The van der Waals surface area contributed by atoms with Crippen LogP contribution in [0.25, 0.3) is 0 Å². The van der Waals surface area contributed by atoms with Gasteiger partial charge in [0.25, 0.3) is 0 Å². The molecule has 74 valence electrons. The zero-order valence-corrected chi connectivity index (χ0v) is 9.15. The maximum absolute atomic E-state index is 12.8. The predicted molar refractivity (Wildman–Crippen MR) is 55.2 cm³/mol. The first-order chi connectivity index (χ1) is 5.71.